The predicted octanol–water partition coefficient (Wildman–Crippen LogP) is 1.86. The van der Waals surface area contributed by atoms with Crippen molar-refractivity contribution in [2.75, 3.05) is 0 Å². The number of nitrogens with two attached hydrogens (primary N) is 1. The van der Waals surface area contributed by atoms with Crippen LogP contribution in [0.5, 0.6) is 0 Å². The van der Waals surface area contributed by atoms with Crippen LogP contribution < -0.4 is 5.73 Å². The maximum absolute atomic E-state index is 14.2. The minimum atomic E-state index is -0.964. The molecule has 3 atom stereocenters. The maximum Gasteiger partial charge on any atom is 0.126 e. The quantitative estimate of drug-likeness (QED) is 0.588. The van der Waals surface area contributed by atoms with E-state index in [0.717, 1.165) is 12.8 Å². The Labute approximate surface area is 72.5 Å². The number of hydrogen-bond acceptors (Lipinski definition) is 1. The molecular formula is C10H16FN. The number of alkyl halides is 1. The summed E-state index contributed by atoms with van der Waals surface area (Å²) in [6.45, 7) is 0. The lowest BCUT2D eigenvalue weighted by molar-refractivity contribution is -0.0902. The normalized spacial score (nSPS) is 62.5. The van der Waals surface area contributed by atoms with Gasteiger partial charge in [0.05, 0.1) is 0 Å². The molecule has 4 bridgehead atoms. The van der Waals surface area contributed by atoms with E-state index in [-0.39, 0.29) is 6.04 Å². The van der Waals surface area contributed by atoms with Gasteiger partial charge in [-0.15, -0.1) is 0 Å². The highest BCUT2D eigenvalue weighted by Crippen LogP contribution is 2.56. The summed E-state index contributed by atoms with van der Waals surface area (Å²) in [6, 6.07) is -0.134. The standard InChI is InChI=1S/C10H16FN/c11-10-4-6-1-7(5-10)3-8(2-6)9(10)12/h6-9H,1-5,12H2. The van der Waals surface area contributed by atoms with Crippen molar-refractivity contribution in [2.45, 2.75) is 43.8 Å². The zero-order chi connectivity index (χ0) is 8.34. The molecule has 0 aromatic heterocycles. The average Bonchev–Trinajstić information content (AvgIpc) is 1.98. The van der Waals surface area contributed by atoms with Crippen molar-refractivity contribution in [2.24, 2.45) is 23.5 Å². The van der Waals surface area contributed by atoms with Crippen molar-refractivity contribution in [3.63, 3.8) is 0 Å². The molecule has 2 heteroatoms. The Bertz CT molecular complexity index is 202. The molecule has 0 aliphatic heterocycles. The van der Waals surface area contributed by atoms with Crippen LogP contribution in [0.3, 0.4) is 0 Å². The Morgan fingerprint density at radius 1 is 1.08 bits per heavy atom. The first kappa shape index (κ1) is 7.31. The molecule has 0 aromatic carbocycles. The maximum atomic E-state index is 14.2. The third kappa shape index (κ3) is 0.769. The van der Waals surface area contributed by atoms with Crippen LogP contribution in [0, 0.1) is 17.8 Å². The highest BCUT2D eigenvalue weighted by atomic mass is 19.1. The van der Waals surface area contributed by atoms with Gasteiger partial charge >= 0.3 is 0 Å². The van der Waals surface area contributed by atoms with Crippen molar-refractivity contribution >= 4 is 0 Å². The van der Waals surface area contributed by atoms with Crippen LogP contribution in [0.15, 0.2) is 0 Å². The Morgan fingerprint density at radius 3 is 2.17 bits per heavy atom. The van der Waals surface area contributed by atoms with E-state index in [0.29, 0.717) is 17.8 Å². The van der Waals surface area contributed by atoms with Gasteiger partial charge in [0.2, 0.25) is 0 Å². The lowest BCUT2D eigenvalue weighted by Gasteiger charge is -2.56. The Balaban J connectivity index is 1.97. The zero-order valence-corrected chi connectivity index (χ0v) is 7.30. The second-order valence-electron chi connectivity index (χ2n) is 5.17. The summed E-state index contributed by atoms with van der Waals surface area (Å²) < 4.78 is 14.2. The molecule has 0 aromatic rings. The molecule has 4 fully saturated rings. The Kier molecular flexibility index (Phi) is 1.24. The molecule has 68 valence electrons. The summed E-state index contributed by atoms with van der Waals surface area (Å²) in [5, 5.41) is 0. The largest absolute Gasteiger partial charge is 0.325 e. The molecule has 0 spiro atoms. The molecule has 1 nitrogen and oxygen atoms in total. The van der Waals surface area contributed by atoms with Gasteiger partial charge < -0.3 is 5.73 Å². The molecular weight excluding hydrogens is 153 g/mol. The fourth-order valence-electron chi connectivity index (χ4n) is 3.98. The van der Waals surface area contributed by atoms with Crippen LogP contribution in [0.25, 0.3) is 0 Å². The second-order valence-corrected chi connectivity index (χ2v) is 5.17. The first-order valence-corrected chi connectivity index (χ1v) is 5.12. The lowest BCUT2D eigenvalue weighted by atomic mass is 9.53. The fraction of sp³-hybridized carbons (Fsp3) is 1.00. The van der Waals surface area contributed by atoms with E-state index in [1.54, 1.807) is 0 Å². The van der Waals surface area contributed by atoms with Gasteiger partial charge in [-0.05, 0) is 49.9 Å². The first-order chi connectivity index (χ1) is 5.67. The predicted molar refractivity (Wildman–Crippen MR) is 45.4 cm³/mol. The molecule has 4 aliphatic carbocycles. The van der Waals surface area contributed by atoms with Gasteiger partial charge in [0, 0.05) is 6.04 Å². The van der Waals surface area contributed by atoms with E-state index >= 15 is 0 Å². The van der Waals surface area contributed by atoms with E-state index in [1.807, 2.05) is 0 Å². The van der Waals surface area contributed by atoms with Gasteiger partial charge in [0.25, 0.3) is 0 Å². The molecule has 3 unspecified atom stereocenters. The van der Waals surface area contributed by atoms with Crippen LogP contribution >= 0.6 is 0 Å². The number of rotatable bonds is 0. The molecule has 4 aliphatic rings. The zero-order valence-electron chi connectivity index (χ0n) is 7.30. The Morgan fingerprint density at radius 2 is 1.67 bits per heavy atom. The third-order valence-electron chi connectivity index (χ3n) is 4.30. The summed E-state index contributed by atoms with van der Waals surface area (Å²) in [4.78, 5) is 0. The van der Waals surface area contributed by atoms with Gasteiger partial charge in [-0.2, -0.15) is 0 Å². The lowest BCUT2D eigenvalue weighted by Crippen LogP contribution is -2.61. The van der Waals surface area contributed by atoms with Crippen molar-refractivity contribution in [3.05, 3.63) is 0 Å². The summed E-state index contributed by atoms with van der Waals surface area (Å²) in [6.07, 6.45) is 5.24. The van der Waals surface area contributed by atoms with Crippen LogP contribution in [0.2, 0.25) is 0 Å². The smallest absolute Gasteiger partial charge is 0.126 e. The first-order valence-electron chi connectivity index (χ1n) is 5.12. The number of hydrogen-bond donors (Lipinski definition) is 1. The van der Waals surface area contributed by atoms with Crippen LogP contribution in [0.4, 0.5) is 4.39 Å². The van der Waals surface area contributed by atoms with Gasteiger partial charge in [-0.1, -0.05) is 0 Å². The summed E-state index contributed by atoms with van der Waals surface area (Å²) >= 11 is 0. The third-order valence-corrected chi connectivity index (χ3v) is 4.30. The fourth-order valence-corrected chi connectivity index (χ4v) is 3.98. The van der Waals surface area contributed by atoms with Crippen molar-refractivity contribution in [1.29, 1.82) is 0 Å². The average molecular weight is 169 g/mol. The van der Waals surface area contributed by atoms with Crippen molar-refractivity contribution in [3.8, 4) is 0 Å². The van der Waals surface area contributed by atoms with Gasteiger partial charge in [0.15, 0.2) is 0 Å². The molecule has 0 saturated heterocycles. The topological polar surface area (TPSA) is 26.0 Å². The van der Waals surface area contributed by atoms with Crippen molar-refractivity contribution in [1.82, 2.24) is 0 Å². The van der Waals surface area contributed by atoms with E-state index in [2.05, 4.69) is 0 Å². The highest BCUT2D eigenvalue weighted by molar-refractivity contribution is 5.09. The van der Waals surface area contributed by atoms with Crippen LogP contribution in [-0.2, 0) is 0 Å². The SMILES string of the molecule is NC1C2CC3CC(C2)CC1(F)C3. The van der Waals surface area contributed by atoms with Gasteiger partial charge in [-0.3, -0.25) is 0 Å². The summed E-state index contributed by atoms with van der Waals surface area (Å²) in [7, 11) is 0. The van der Waals surface area contributed by atoms with Crippen molar-refractivity contribution < 1.29 is 4.39 Å². The Hall–Kier alpha value is -0.110. The van der Waals surface area contributed by atoms with E-state index < -0.39 is 5.67 Å². The van der Waals surface area contributed by atoms with E-state index in [4.69, 9.17) is 5.73 Å². The molecule has 0 amide bonds. The molecule has 12 heavy (non-hydrogen) atoms. The van der Waals surface area contributed by atoms with Crippen LogP contribution in [0.1, 0.15) is 32.1 Å². The molecule has 4 saturated carbocycles. The highest BCUT2D eigenvalue weighted by Gasteiger charge is 2.56. The second kappa shape index (κ2) is 2.03. The summed E-state index contributed by atoms with van der Waals surface area (Å²) in [5.74, 6) is 1.86. The van der Waals surface area contributed by atoms with Gasteiger partial charge in [-0.25, -0.2) is 4.39 Å². The van der Waals surface area contributed by atoms with E-state index in [9.17, 15) is 4.39 Å². The molecule has 0 radical (unpaired) electrons. The van der Waals surface area contributed by atoms with Crippen LogP contribution in [-0.4, -0.2) is 11.7 Å². The minimum Gasteiger partial charge on any atom is -0.325 e. The summed E-state index contributed by atoms with van der Waals surface area (Å²) in [5.41, 5.74) is 4.96. The van der Waals surface area contributed by atoms with E-state index in [1.165, 1.54) is 19.3 Å². The van der Waals surface area contributed by atoms with Gasteiger partial charge in [0.1, 0.15) is 5.67 Å². The number of halogens is 1. The molecule has 0 heterocycles. The minimum absolute atomic E-state index is 0.134. The molecule has 4 rings (SSSR count). The monoisotopic (exact) mass is 169 g/mol. The molecule has 2 N–H and O–H groups in total.